The first-order valence-corrected chi connectivity index (χ1v) is 14.4. The summed E-state index contributed by atoms with van der Waals surface area (Å²) >= 11 is 0. The summed E-state index contributed by atoms with van der Waals surface area (Å²) in [5.74, 6) is -2.76. The Morgan fingerprint density at radius 2 is 1.83 bits per heavy atom. The number of H-pyrrole nitrogens is 1. The quantitative estimate of drug-likeness (QED) is 0.191. The second-order valence-corrected chi connectivity index (χ2v) is 11.4. The normalized spacial score (nSPS) is 12.0. The van der Waals surface area contributed by atoms with Crippen LogP contribution in [0.25, 0.3) is 22.2 Å². The number of benzene rings is 2. The molecule has 0 saturated carbocycles. The van der Waals surface area contributed by atoms with Crippen molar-refractivity contribution in [3.8, 4) is 17.0 Å². The zero-order chi connectivity index (χ0) is 30.8. The number of rotatable bonds is 10. The van der Waals surface area contributed by atoms with Gasteiger partial charge in [0.15, 0.2) is 17.3 Å². The highest BCUT2D eigenvalue weighted by Gasteiger charge is 2.31. The number of hydrogen-bond donors (Lipinski definition) is 4. The number of hydrogen-bond acceptors (Lipinski definition) is 7. The minimum Gasteiger partial charge on any atom is -0.505 e. The van der Waals surface area contributed by atoms with Crippen LogP contribution in [0.5, 0.6) is 5.75 Å². The van der Waals surface area contributed by atoms with E-state index < -0.39 is 45.7 Å². The lowest BCUT2D eigenvalue weighted by Crippen LogP contribution is -2.33. The highest BCUT2D eigenvalue weighted by molar-refractivity contribution is 7.92. The van der Waals surface area contributed by atoms with Crippen LogP contribution in [0.2, 0.25) is 0 Å². The van der Waals surface area contributed by atoms with Crippen molar-refractivity contribution in [1.29, 1.82) is 0 Å². The largest absolute Gasteiger partial charge is 0.505 e. The third-order valence-corrected chi connectivity index (χ3v) is 8.38. The lowest BCUT2D eigenvalue weighted by molar-refractivity contribution is -0.127. The summed E-state index contributed by atoms with van der Waals surface area (Å²) in [5.41, 5.74) is 0.383. The van der Waals surface area contributed by atoms with E-state index in [2.05, 4.69) is 25.8 Å². The summed E-state index contributed by atoms with van der Waals surface area (Å²) < 4.78 is 81.2. The first kappa shape index (κ1) is 30.6. The number of aromatic hydroxyl groups is 1. The Morgan fingerprint density at radius 3 is 2.48 bits per heavy atom. The topological polar surface area (TPSA) is 140 Å². The number of nitrogens with one attached hydrogen (secondary N) is 3. The molecule has 0 aliphatic carbocycles. The van der Waals surface area contributed by atoms with Crippen LogP contribution in [0, 0.1) is 5.82 Å². The van der Waals surface area contributed by atoms with Gasteiger partial charge in [-0.15, -0.1) is 0 Å². The molecular formula is C27H28F4N6O4S. The summed E-state index contributed by atoms with van der Waals surface area (Å²) in [6, 6.07) is 9.52. The molecule has 2 aromatic heterocycles. The Morgan fingerprint density at radius 1 is 1.12 bits per heavy atom. The molecule has 0 aliphatic rings. The van der Waals surface area contributed by atoms with Gasteiger partial charge in [0.25, 0.3) is 5.91 Å². The number of halogens is 4. The molecule has 4 rings (SSSR count). The number of aromatic nitrogens is 3. The van der Waals surface area contributed by atoms with Gasteiger partial charge in [0.05, 0.1) is 34.5 Å². The number of alkyl halides is 3. The van der Waals surface area contributed by atoms with Gasteiger partial charge in [0.2, 0.25) is 10.0 Å². The first-order chi connectivity index (χ1) is 19.8. The summed E-state index contributed by atoms with van der Waals surface area (Å²) in [4.78, 5) is 17.0. The standard InChI is InChI=1S/C27H28F4N6O4S/c1-4-37(42(40,41)5-2)21-9-7-6-8-15(21)14-33-25-23-20(35-36-24(23)26(39)32-3)12-19(34-25)17-11-18(28)22(38)10-16(17)13-27(29,30)31/h6-12,38H,4-5,13-14H2,1-3H3,(H,32,39)(H,33,34)(H,35,36). The third-order valence-electron chi connectivity index (χ3n) is 6.52. The molecule has 10 nitrogen and oxygen atoms in total. The highest BCUT2D eigenvalue weighted by atomic mass is 32.2. The van der Waals surface area contributed by atoms with Crippen molar-refractivity contribution in [3.63, 3.8) is 0 Å². The van der Waals surface area contributed by atoms with Gasteiger partial charge in [-0.2, -0.15) is 18.3 Å². The Kier molecular flexibility index (Phi) is 8.61. The van der Waals surface area contributed by atoms with Gasteiger partial charge in [0, 0.05) is 25.7 Å². The maximum absolute atomic E-state index is 14.4. The van der Waals surface area contributed by atoms with Crippen LogP contribution in [0.4, 0.5) is 29.1 Å². The third kappa shape index (κ3) is 6.25. The number of fused-ring (bicyclic) bond motifs is 1. The molecule has 4 N–H and O–H groups in total. The molecule has 0 aliphatic heterocycles. The smallest absolute Gasteiger partial charge is 0.393 e. The Bertz CT molecular complexity index is 1740. The van der Waals surface area contributed by atoms with Gasteiger partial charge >= 0.3 is 6.18 Å². The molecule has 224 valence electrons. The van der Waals surface area contributed by atoms with Crippen LogP contribution in [0.15, 0.2) is 42.5 Å². The molecule has 15 heteroatoms. The van der Waals surface area contributed by atoms with Gasteiger partial charge in [-0.25, -0.2) is 17.8 Å². The van der Waals surface area contributed by atoms with Gasteiger partial charge in [-0.05, 0) is 49.2 Å². The van der Waals surface area contributed by atoms with E-state index in [1.54, 1.807) is 31.2 Å². The number of phenolic OH excluding ortho intramolecular Hbond substituents is 1. The number of sulfonamides is 1. The monoisotopic (exact) mass is 608 g/mol. The van der Waals surface area contributed by atoms with Crippen molar-refractivity contribution in [2.24, 2.45) is 0 Å². The van der Waals surface area contributed by atoms with Crippen molar-refractivity contribution in [3.05, 3.63) is 65.1 Å². The van der Waals surface area contributed by atoms with E-state index >= 15 is 0 Å². The molecule has 0 unspecified atom stereocenters. The average Bonchev–Trinajstić information content (AvgIpc) is 3.37. The number of nitrogens with zero attached hydrogens (tertiary/aromatic N) is 3. The number of aromatic amines is 1. The zero-order valence-electron chi connectivity index (χ0n) is 22.8. The van der Waals surface area contributed by atoms with Gasteiger partial charge in [0.1, 0.15) is 5.82 Å². The van der Waals surface area contributed by atoms with Crippen LogP contribution < -0.4 is 14.9 Å². The maximum atomic E-state index is 14.4. The second-order valence-electron chi connectivity index (χ2n) is 9.23. The summed E-state index contributed by atoms with van der Waals surface area (Å²) in [7, 11) is -2.22. The minimum absolute atomic E-state index is 0.00479. The van der Waals surface area contributed by atoms with Crippen molar-refractivity contribution in [1.82, 2.24) is 20.5 Å². The van der Waals surface area contributed by atoms with E-state index in [0.29, 0.717) is 17.3 Å². The molecular weight excluding hydrogens is 580 g/mol. The molecule has 0 radical (unpaired) electrons. The molecule has 0 atom stereocenters. The molecule has 2 aromatic carbocycles. The lowest BCUT2D eigenvalue weighted by Gasteiger charge is -2.25. The number of para-hydroxylation sites is 1. The van der Waals surface area contributed by atoms with Crippen molar-refractivity contribution >= 4 is 38.3 Å². The predicted molar refractivity (Wildman–Crippen MR) is 150 cm³/mol. The van der Waals surface area contributed by atoms with Crippen LogP contribution in [0.1, 0.15) is 35.5 Å². The number of carbonyl (C=O) groups is 1. The fourth-order valence-corrected chi connectivity index (χ4v) is 5.74. The number of anilines is 2. The first-order valence-electron chi connectivity index (χ1n) is 12.8. The fraction of sp³-hybridized carbons (Fsp3) is 0.296. The molecule has 0 bridgehead atoms. The van der Waals surface area contributed by atoms with Crippen molar-refractivity contribution in [2.45, 2.75) is 33.0 Å². The van der Waals surface area contributed by atoms with Crippen LogP contribution in [0.3, 0.4) is 0 Å². The zero-order valence-corrected chi connectivity index (χ0v) is 23.6. The fourth-order valence-electron chi connectivity index (χ4n) is 4.55. The van der Waals surface area contributed by atoms with E-state index in [9.17, 15) is 35.9 Å². The van der Waals surface area contributed by atoms with Gasteiger partial charge in [-0.1, -0.05) is 18.2 Å². The Balaban J connectivity index is 1.87. The summed E-state index contributed by atoms with van der Waals surface area (Å²) in [6.45, 7) is 3.39. The Labute approximate surface area is 238 Å². The van der Waals surface area contributed by atoms with E-state index in [1.807, 2.05) is 0 Å². The Hall–Kier alpha value is -4.40. The molecule has 1 amide bonds. The van der Waals surface area contributed by atoms with Crippen molar-refractivity contribution in [2.75, 3.05) is 29.0 Å². The van der Waals surface area contributed by atoms with E-state index in [0.717, 1.165) is 6.07 Å². The SMILES string of the molecule is CCN(c1ccccc1CNc1nc(-c2cc(F)c(O)cc2CC(F)(F)F)cc2[nH]nc(C(=O)NC)c12)S(=O)(=O)CC. The van der Waals surface area contributed by atoms with Crippen LogP contribution >= 0.6 is 0 Å². The molecule has 2 heterocycles. The number of phenols is 1. The molecule has 4 aromatic rings. The van der Waals surface area contributed by atoms with E-state index in [1.165, 1.54) is 24.3 Å². The molecule has 0 spiro atoms. The summed E-state index contributed by atoms with van der Waals surface area (Å²) in [6.07, 6.45) is -6.13. The predicted octanol–water partition coefficient (Wildman–Crippen LogP) is 4.72. The highest BCUT2D eigenvalue weighted by Crippen LogP contribution is 2.36. The average molecular weight is 609 g/mol. The lowest BCUT2D eigenvalue weighted by atomic mass is 9.99. The summed E-state index contributed by atoms with van der Waals surface area (Å²) in [5, 5.41) is 22.2. The number of pyridine rings is 1. The van der Waals surface area contributed by atoms with Gasteiger partial charge in [-0.3, -0.25) is 14.2 Å². The van der Waals surface area contributed by atoms with Crippen molar-refractivity contribution < 1.29 is 35.9 Å². The van der Waals surface area contributed by atoms with Crippen LogP contribution in [-0.2, 0) is 23.0 Å². The molecule has 0 saturated heterocycles. The van der Waals surface area contributed by atoms with Gasteiger partial charge < -0.3 is 15.7 Å². The molecule has 42 heavy (non-hydrogen) atoms. The van der Waals surface area contributed by atoms with E-state index in [4.69, 9.17) is 0 Å². The molecule has 0 fully saturated rings. The second kappa shape index (κ2) is 11.8. The van der Waals surface area contributed by atoms with Crippen LogP contribution in [-0.4, -0.2) is 60.1 Å². The minimum atomic E-state index is -4.67. The number of amides is 1. The number of carbonyl (C=O) groups excluding carboxylic acids is 1. The maximum Gasteiger partial charge on any atom is 0.393 e. The van der Waals surface area contributed by atoms with E-state index in [-0.39, 0.29) is 52.5 Å².